The SMILES string of the molecule is C=C/C=C/C#C/C=C/[C@@H](O)COc1ccc(F)cc1. The molecule has 19 heavy (non-hydrogen) atoms. The van der Waals surface area contributed by atoms with Gasteiger partial charge in [0.15, 0.2) is 0 Å². The fraction of sp³-hybridized carbons (Fsp3) is 0.125. The monoisotopic (exact) mass is 258 g/mol. The summed E-state index contributed by atoms with van der Waals surface area (Å²) in [4.78, 5) is 0. The third kappa shape index (κ3) is 6.87. The van der Waals surface area contributed by atoms with Crippen molar-refractivity contribution in [3.63, 3.8) is 0 Å². The van der Waals surface area contributed by atoms with Crippen molar-refractivity contribution in [1.29, 1.82) is 0 Å². The summed E-state index contributed by atoms with van der Waals surface area (Å²) in [6, 6.07) is 5.61. The second-order valence-electron chi connectivity index (χ2n) is 3.57. The lowest BCUT2D eigenvalue weighted by molar-refractivity contribution is 0.144. The number of benzene rings is 1. The molecule has 98 valence electrons. The van der Waals surface area contributed by atoms with Crippen molar-refractivity contribution in [2.75, 3.05) is 6.61 Å². The van der Waals surface area contributed by atoms with Gasteiger partial charge in [0.2, 0.25) is 0 Å². The lowest BCUT2D eigenvalue weighted by Gasteiger charge is -2.08. The molecule has 0 aromatic heterocycles. The van der Waals surface area contributed by atoms with Crippen LogP contribution in [0.4, 0.5) is 4.39 Å². The van der Waals surface area contributed by atoms with Crippen LogP contribution in [0.1, 0.15) is 0 Å². The van der Waals surface area contributed by atoms with Gasteiger partial charge >= 0.3 is 0 Å². The molecule has 0 aliphatic carbocycles. The zero-order chi connectivity index (χ0) is 13.9. The second kappa shape index (κ2) is 8.73. The highest BCUT2D eigenvalue weighted by Gasteiger charge is 2.00. The van der Waals surface area contributed by atoms with Crippen LogP contribution in [0, 0.1) is 17.7 Å². The first-order valence-corrected chi connectivity index (χ1v) is 5.74. The number of allylic oxidation sites excluding steroid dienone is 4. The zero-order valence-electron chi connectivity index (χ0n) is 10.4. The molecular formula is C16H15FO2. The maximum absolute atomic E-state index is 12.6. The number of halogens is 1. The third-order valence-corrected chi connectivity index (χ3v) is 2.04. The molecule has 0 fully saturated rings. The Morgan fingerprint density at radius 2 is 1.95 bits per heavy atom. The molecule has 1 aromatic carbocycles. The molecule has 0 unspecified atom stereocenters. The van der Waals surface area contributed by atoms with Gasteiger partial charge in [-0.15, -0.1) is 0 Å². The minimum atomic E-state index is -0.761. The van der Waals surface area contributed by atoms with Gasteiger partial charge in [-0.1, -0.05) is 30.6 Å². The van der Waals surface area contributed by atoms with Crippen molar-refractivity contribution in [2.45, 2.75) is 6.10 Å². The summed E-state index contributed by atoms with van der Waals surface area (Å²) in [6.45, 7) is 3.60. The summed E-state index contributed by atoms with van der Waals surface area (Å²) >= 11 is 0. The van der Waals surface area contributed by atoms with E-state index in [4.69, 9.17) is 4.74 Å². The molecule has 1 N–H and O–H groups in total. The fourth-order valence-corrected chi connectivity index (χ4v) is 1.14. The van der Waals surface area contributed by atoms with Crippen molar-refractivity contribution in [3.05, 3.63) is 67.0 Å². The fourth-order valence-electron chi connectivity index (χ4n) is 1.14. The summed E-state index contributed by atoms with van der Waals surface area (Å²) in [7, 11) is 0. The van der Waals surface area contributed by atoms with Crippen LogP contribution < -0.4 is 4.74 Å². The molecule has 1 aromatic rings. The normalized spacial score (nSPS) is 12.1. The highest BCUT2D eigenvalue weighted by atomic mass is 19.1. The first-order chi connectivity index (χ1) is 9.22. The number of hydrogen-bond donors (Lipinski definition) is 1. The van der Waals surface area contributed by atoms with E-state index < -0.39 is 6.10 Å². The molecule has 1 rings (SSSR count). The van der Waals surface area contributed by atoms with Gasteiger partial charge in [-0.05, 0) is 42.5 Å². The van der Waals surface area contributed by atoms with E-state index in [1.165, 1.54) is 30.3 Å². The number of aliphatic hydroxyl groups excluding tert-OH is 1. The van der Waals surface area contributed by atoms with E-state index >= 15 is 0 Å². The number of rotatable bonds is 5. The molecule has 0 saturated carbocycles. The van der Waals surface area contributed by atoms with Crippen molar-refractivity contribution < 1.29 is 14.2 Å². The van der Waals surface area contributed by atoms with Crippen LogP contribution in [0.25, 0.3) is 0 Å². The van der Waals surface area contributed by atoms with E-state index in [0.717, 1.165) is 0 Å². The van der Waals surface area contributed by atoms with Gasteiger partial charge in [-0.25, -0.2) is 4.39 Å². The summed E-state index contributed by atoms with van der Waals surface area (Å²) in [5, 5.41) is 9.58. The van der Waals surface area contributed by atoms with Crippen LogP contribution in [0.2, 0.25) is 0 Å². The molecule has 0 aliphatic heterocycles. The van der Waals surface area contributed by atoms with Gasteiger partial charge in [0.1, 0.15) is 24.3 Å². The third-order valence-electron chi connectivity index (χ3n) is 2.04. The minimum Gasteiger partial charge on any atom is -0.491 e. The number of aliphatic hydroxyl groups is 1. The Balaban J connectivity index is 2.34. The van der Waals surface area contributed by atoms with Crippen molar-refractivity contribution in [1.82, 2.24) is 0 Å². The Bertz CT molecular complexity index is 504. The highest BCUT2D eigenvalue weighted by molar-refractivity contribution is 5.26. The first-order valence-electron chi connectivity index (χ1n) is 5.74. The topological polar surface area (TPSA) is 29.5 Å². The van der Waals surface area contributed by atoms with E-state index in [2.05, 4.69) is 18.4 Å². The maximum Gasteiger partial charge on any atom is 0.123 e. The van der Waals surface area contributed by atoms with Gasteiger partial charge in [-0.3, -0.25) is 0 Å². The van der Waals surface area contributed by atoms with Gasteiger partial charge < -0.3 is 9.84 Å². The Kier molecular flexibility index (Phi) is 6.78. The second-order valence-corrected chi connectivity index (χ2v) is 3.57. The minimum absolute atomic E-state index is 0.0896. The van der Waals surface area contributed by atoms with Crippen LogP contribution in [-0.2, 0) is 0 Å². The number of hydrogen-bond acceptors (Lipinski definition) is 2. The van der Waals surface area contributed by atoms with Gasteiger partial charge in [-0.2, -0.15) is 0 Å². The summed E-state index contributed by atoms with van der Waals surface area (Å²) < 4.78 is 17.9. The molecule has 3 heteroatoms. The Morgan fingerprint density at radius 1 is 1.26 bits per heavy atom. The Labute approximate surface area is 112 Å². The lowest BCUT2D eigenvalue weighted by Crippen LogP contribution is -2.14. The van der Waals surface area contributed by atoms with Crippen molar-refractivity contribution in [2.24, 2.45) is 0 Å². The average molecular weight is 258 g/mol. The molecule has 0 amide bonds. The van der Waals surface area contributed by atoms with Crippen LogP contribution in [-0.4, -0.2) is 17.8 Å². The van der Waals surface area contributed by atoms with Gasteiger partial charge in [0.05, 0.1) is 0 Å². The van der Waals surface area contributed by atoms with Crippen molar-refractivity contribution >= 4 is 0 Å². The van der Waals surface area contributed by atoms with Crippen molar-refractivity contribution in [3.8, 4) is 17.6 Å². The van der Waals surface area contributed by atoms with Crippen LogP contribution in [0.3, 0.4) is 0 Å². The average Bonchev–Trinajstić information content (AvgIpc) is 2.42. The largest absolute Gasteiger partial charge is 0.491 e. The number of ether oxygens (including phenoxy) is 1. The smallest absolute Gasteiger partial charge is 0.123 e. The van der Waals surface area contributed by atoms with Crippen LogP contribution in [0.15, 0.2) is 61.2 Å². The van der Waals surface area contributed by atoms with E-state index in [1.807, 2.05) is 0 Å². The predicted molar refractivity (Wildman–Crippen MR) is 74.2 cm³/mol. The van der Waals surface area contributed by atoms with E-state index in [0.29, 0.717) is 5.75 Å². The molecule has 0 radical (unpaired) electrons. The summed E-state index contributed by atoms with van der Waals surface area (Å²) in [5.74, 6) is 5.65. The summed E-state index contributed by atoms with van der Waals surface area (Å²) in [5.41, 5.74) is 0. The highest BCUT2D eigenvalue weighted by Crippen LogP contribution is 2.11. The van der Waals surface area contributed by atoms with E-state index in [9.17, 15) is 9.50 Å². The van der Waals surface area contributed by atoms with E-state index in [1.54, 1.807) is 24.3 Å². The first kappa shape index (κ1) is 14.7. The summed E-state index contributed by atoms with van der Waals surface area (Å²) in [6.07, 6.45) is 7.31. The van der Waals surface area contributed by atoms with Crippen LogP contribution in [0.5, 0.6) is 5.75 Å². The predicted octanol–water partition coefficient (Wildman–Crippen LogP) is 2.87. The molecule has 2 nitrogen and oxygen atoms in total. The van der Waals surface area contributed by atoms with E-state index in [-0.39, 0.29) is 12.4 Å². The molecule has 0 heterocycles. The van der Waals surface area contributed by atoms with Crippen LogP contribution >= 0.6 is 0 Å². The van der Waals surface area contributed by atoms with Gasteiger partial charge in [0, 0.05) is 0 Å². The molecule has 0 bridgehead atoms. The molecule has 0 aliphatic rings. The Hall–Kier alpha value is -2.31. The molecule has 0 spiro atoms. The van der Waals surface area contributed by atoms with Gasteiger partial charge in [0.25, 0.3) is 0 Å². The maximum atomic E-state index is 12.6. The molecular weight excluding hydrogens is 243 g/mol. The Morgan fingerprint density at radius 3 is 2.63 bits per heavy atom. The molecule has 1 atom stereocenters. The lowest BCUT2D eigenvalue weighted by atomic mass is 10.3. The zero-order valence-corrected chi connectivity index (χ0v) is 10.4. The molecule has 0 saturated heterocycles. The standard InChI is InChI=1S/C16H15FO2/c1-2-3-4-5-6-7-8-15(18)13-19-16-11-9-14(17)10-12-16/h2-4,7-12,15,18H,1,13H2/b4-3+,8-7+/t15-/m1/s1. The quantitative estimate of drug-likeness (QED) is 0.650.